The number of carbonyl (C=O) groups is 1. The highest BCUT2D eigenvalue weighted by Gasteiger charge is 2.09. The van der Waals surface area contributed by atoms with E-state index in [0.29, 0.717) is 31.9 Å². The zero-order valence-corrected chi connectivity index (χ0v) is 15.7. The SMILES string of the molecule is CCOC(=O)CCCOc1ccc2cc(-c3nc4ccccc4o3)ccc2c1. The first-order chi connectivity index (χ1) is 13.7. The summed E-state index contributed by atoms with van der Waals surface area (Å²) in [6, 6.07) is 19.8. The van der Waals surface area contributed by atoms with Gasteiger partial charge in [0.1, 0.15) is 11.3 Å². The van der Waals surface area contributed by atoms with E-state index in [1.807, 2.05) is 54.6 Å². The number of ether oxygens (including phenoxy) is 2. The zero-order valence-electron chi connectivity index (χ0n) is 15.7. The van der Waals surface area contributed by atoms with Crippen LogP contribution in [0.15, 0.2) is 65.1 Å². The zero-order chi connectivity index (χ0) is 19.3. The molecule has 0 amide bonds. The molecule has 0 aliphatic carbocycles. The summed E-state index contributed by atoms with van der Waals surface area (Å²) in [5.74, 6) is 1.21. The van der Waals surface area contributed by atoms with E-state index >= 15 is 0 Å². The van der Waals surface area contributed by atoms with Crippen LogP contribution in [0.4, 0.5) is 0 Å². The molecule has 0 fully saturated rings. The van der Waals surface area contributed by atoms with Crippen molar-refractivity contribution in [2.24, 2.45) is 0 Å². The molecule has 1 heterocycles. The summed E-state index contributed by atoms with van der Waals surface area (Å²) < 4.78 is 16.5. The Bertz CT molecular complexity index is 1080. The van der Waals surface area contributed by atoms with Crippen LogP contribution in [0, 0.1) is 0 Å². The molecular weight excluding hydrogens is 354 g/mol. The van der Waals surface area contributed by atoms with Crippen LogP contribution in [-0.4, -0.2) is 24.2 Å². The van der Waals surface area contributed by atoms with Crippen molar-refractivity contribution in [2.75, 3.05) is 13.2 Å². The Balaban J connectivity index is 1.46. The first-order valence-electron chi connectivity index (χ1n) is 9.41. The third-order valence-electron chi connectivity index (χ3n) is 4.45. The van der Waals surface area contributed by atoms with Crippen molar-refractivity contribution in [2.45, 2.75) is 19.8 Å². The molecule has 0 unspecified atom stereocenters. The molecule has 0 radical (unpaired) electrons. The Morgan fingerprint density at radius 1 is 1.04 bits per heavy atom. The first-order valence-corrected chi connectivity index (χ1v) is 9.41. The van der Waals surface area contributed by atoms with Gasteiger partial charge < -0.3 is 13.9 Å². The molecule has 1 aromatic heterocycles. The maximum Gasteiger partial charge on any atom is 0.305 e. The highest BCUT2D eigenvalue weighted by molar-refractivity contribution is 5.88. The number of fused-ring (bicyclic) bond motifs is 2. The lowest BCUT2D eigenvalue weighted by atomic mass is 10.1. The molecule has 0 aliphatic rings. The highest BCUT2D eigenvalue weighted by Crippen LogP contribution is 2.28. The maximum absolute atomic E-state index is 11.3. The van der Waals surface area contributed by atoms with Crippen molar-refractivity contribution < 1.29 is 18.7 Å². The van der Waals surface area contributed by atoms with Crippen molar-refractivity contribution in [3.63, 3.8) is 0 Å². The van der Waals surface area contributed by atoms with Gasteiger partial charge in [-0.3, -0.25) is 4.79 Å². The molecule has 142 valence electrons. The third-order valence-corrected chi connectivity index (χ3v) is 4.45. The Labute approximate surface area is 162 Å². The maximum atomic E-state index is 11.3. The summed E-state index contributed by atoms with van der Waals surface area (Å²) in [5.41, 5.74) is 2.57. The smallest absolute Gasteiger partial charge is 0.305 e. The minimum absolute atomic E-state index is 0.184. The molecule has 4 rings (SSSR count). The highest BCUT2D eigenvalue weighted by atomic mass is 16.5. The fourth-order valence-electron chi connectivity index (χ4n) is 3.08. The van der Waals surface area contributed by atoms with Gasteiger partial charge in [-0.05, 0) is 60.5 Å². The van der Waals surface area contributed by atoms with Crippen molar-refractivity contribution in [1.29, 1.82) is 0 Å². The van der Waals surface area contributed by atoms with Gasteiger partial charge in [-0.2, -0.15) is 0 Å². The summed E-state index contributed by atoms with van der Waals surface area (Å²) in [7, 11) is 0. The fraction of sp³-hybridized carbons (Fsp3) is 0.217. The summed E-state index contributed by atoms with van der Waals surface area (Å²) >= 11 is 0. The Kier molecular flexibility index (Phi) is 5.24. The second kappa shape index (κ2) is 8.13. The van der Waals surface area contributed by atoms with E-state index in [2.05, 4.69) is 11.1 Å². The average Bonchev–Trinajstić information content (AvgIpc) is 3.15. The lowest BCUT2D eigenvalue weighted by Gasteiger charge is -2.08. The van der Waals surface area contributed by atoms with Gasteiger partial charge in [0.25, 0.3) is 0 Å². The van der Waals surface area contributed by atoms with Crippen LogP contribution in [0.5, 0.6) is 5.75 Å². The topological polar surface area (TPSA) is 61.6 Å². The van der Waals surface area contributed by atoms with Gasteiger partial charge in [0.2, 0.25) is 5.89 Å². The number of para-hydroxylation sites is 2. The van der Waals surface area contributed by atoms with Crippen LogP contribution in [0.3, 0.4) is 0 Å². The van der Waals surface area contributed by atoms with Gasteiger partial charge in [0, 0.05) is 12.0 Å². The number of esters is 1. The van der Waals surface area contributed by atoms with Crippen LogP contribution in [0.1, 0.15) is 19.8 Å². The number of hydrogen-bond donors (Lipinski definition) is 0. The number of benzene rings is 3. The van der Waals surface area contributed by atoms with Crippen molar-refractivity contribution >= 4 is 27.8 Å². The lowest BCUT2D eigenvalue weighted by molar-refractivity contribution is -0.143. The van der Waals surface area contributed by atoms with E-state index in [9.17, 15) is 4.79 Å². The number of hydrogen-bond acceptors (Lipinski definition) is 5. The van der Waals surface area contributed by atoms with Crippen molar-refractivity contribution in [3.8, 4) is 17.2 Å². The number of oxazole rings is 1. The van der Waals surface area contributed by atoms with Crippen LogP contribution >= 0.6 is 0 Å². The summed E-state index contributed by atoms with van der Waals surface area (Å²) in [4.78, 5) is 15.9. The molecule has 0 N–H and O–H groups in total. The van der Waals surface area contributed by atoms with E-state index in [1.165, 1.54) is 0 Å². The predicted molar refractivity (Wildman–Crippen MR) is 108 cm³/mol. The summed E-state index contributed by atoms with van der Waals surface area (Å²) in [5, 5.41) is 2.15. The fourth-order valence-corrected chi connectivity index (χ4v) is 3.08. The molecule has 5 nitrogen and oxygen atoms in total. The molecular formula is C23H21NO4. The van der Waals surface area contributed by atoms with Gasteiger partial charge in [0.15, 0.2) is 5.58 Å². The minimum Gasteiger partial charge on any atom is -0.494 e. The molecule has 0 saturated heterocycles. The molecule has 28 heavy (non-hydrogen) atoms. The lowest BCUT2D eigenvalue weighted by Crippen LogP contribution is -2.06. The monoisotopic (exact) mass is 375 g/mol. The van der Waals surface area contributed by atoms with E-state index < -0.39 is 0 Å². The Morgan fingerprint density at radius 2 is 1.86 bits per heavy atom. The number of rotatable bonds is 7. The van der Waals surface area contributed by atoms with Gasteiger partial charge in [0.05, 0.1) is 13.2 Å². The van der Waals surface area contributed by atoms with Gasteiger partial charge in [-0.1, -0.05) is 24.3 Å². The van der Waals surface area contributed by atoms with Gasteiger partial charge >= 0.3 is 5.97 Å². The predicted octanol–water partition coefficient (Wildman–Crippen LogP) is 5.37. The van der Waals surface area contributed by atoms with Gasteiger partial charge in [-0.25, -0.2) is 4.98 Å². The molecule has 0 aliphatic heterocycles. The molecule has 5 heteroatoms. The number of aromatic nitrogens is 1. The van der Waals surface area contributed by atoms with Crippen molar-refractivity contribution in [3.05, 3.63) is 60.7 Å². The van der Waals surface area contributed by atoms with Crippen LogP contribution in [0.2, 0.25) is 0 Å². The van der Waals surface area contributed by atoms with Crippen LogP contribution in [0.25, 0.3) is 33.3 Å². The van der Waals surface area contributed by atoms with E-state index in [0.717, 1.165) is 33.2 Å². The quantitative estimate of drug-likeness (QED) is 0.321. The summed E-state index contributed by atoms with van der Waals surface area (Å²) in [6.07, 6.45) is 1.00. The molecule has 0 spiro atoms. The third kappa shape index (κ3) is 3.98. The van der Waals surface area contributed by atoms with Crippen LogP contribution in [-0.2, 0) is 9.53 Å². The molecule has 4 aromatic rings. The Morgan fingerprint density at radius 3 is 2.71 bits per heavy atom. The average molecular weight is 375 g/mol. The number of nitrogens with zero attached hydrogens (tertiary/aromatic N) is 1. The second-order valence-electron chi connectivity index (χ2n) is 6.47. The van der Waals surface area contributed by atoms with E-state index in [-0.39, 0.29) is 5.97 Å². The Hall–Kier alpha value is -3.34. The molecule has 0 atom stereocenters. The minimum atomic E-state index is -0.184. The van der Waals surface area contributed by atoms with Crippen LogP contribution < -0.4 is 4.74 Å². The normalized spacial score (nSPS) is 11.0. The summed E-state index contributed by atoms with van der Waals surface area (Å²) in [6.45, 7) is 2.69. The van der Waals surface area contributed by atoms with E-state index in [1.54, 1.807) is 6.92 Å². The number of carbonyl (C=O) groups excluding carboxylic acids is 1. The van der Waals surface area contributed by atoms with E-state index in [4.69, 9.17) is 13.9 Å². The molecule has 3 aromatic carbocycles. The largest absolute Gasteiger partial charge is 0.494 e. The first kappa shape index (κ1) is 18.0. The molecule has 0 bridgehead atoms. The molecule has 0 saturated carbocycles. The standard InChI is InChI=1S/C23H21NO4/c1-2-26-22(25)8-5-13-27-19-12-11-16-14-18(10-9-17(16)15-19)23-24-20-6-3-4-7-21(20)28-23/h3-4,6-7,9-12,14-15H,2,5,8,13H2,1H3. The van der Waals surface area contributed by atoms with Gasteiger partial charge in [-0.15, -0.1) is 0 Å². The van der Waals surface area contributed by atoms with Crippen molar-refractivity contribution in [1.82, 2.24) is 4.98 Å². The second-order valence-corrected chi connectivity index (χ2v) is 6.47.